The maximum absolute atomic E-state index is 11.9. The van der Waals surface area contributed by atoms with Gasteiger partial charge in [-0.25, -0.2) is 0 Å². The van der Waals surface area contributed by atoms with Crippen LogP contribution in [0.15, 0.2) is 17.5 Å². The summed E-state index contributed by atoms with van der Waals surface area (Å²) in [6, 6.07) is 3.81. The Bertz CT molecular complexity index is 390. The highest BCUT2D eigenvalue weighted by molar-refractivity contribution is 7.10. The lowest BCUT2D eigenvalue weighted by molar-refractivity contribution is -0.138. The van der Waals surface area contributed by atoms with Gasteiger partial charge in [0, 0.05) is 10.9 Å². The van der Waals surface area contributed by atoms with Gasteiger partial charge >= 0.3 is 6.18 Å². The summed E-state index contributed by atoms with van der Waals surface area (Å²) in [5.41, 5.74) is 0. The third kappa shape index (κ3) is 6.07. The smallest absolute Gasteiger partial charge is 0.346 e. The second-order valence-corrected chi connectivity index (χ2v) is 5.49. The molecule has 0 aromatic carbocycles. The lowest BCUT2D eigenvalue weighted by Crippen LogP contribution is -2.40. The molecule has 1 amide bonds. The minimum atomic E-state index is -4.37. The number of rotatable bonds is 6. The van der Waals surface area contributed by atoms with Crippen LogP contribution in [0.4, 0.5) is 13.2 Å². The van der Waals surface area contributed by atoms with E-state index in [1.165, 1.54) is 0 Å². The molecule has 0 spiro atoms. The fraction of sp³-hybridized carbons (Fsp3) is 0.583. The molecule has 19 heavy (non-hydrogen) atoms. The van der Waals surface area contributed by atoms with Crippen molar-refractivity contribution < 1.29 is 18.0 Å². The third-order valence-electron chi connectivity index (χ3n) is 2.48. The van der Waals surface area contributed by atoms with Gasteiger partial charge in [0.25, 0.3) is 0 Å². The number of nitrogens with one attached hydrogen (secondary N) is 2. The Balaban J connectivity index is 2.43. The number of carbonyl (C=O) groups is 1. The van der Waals surface area contributed by atoms with E-state index in [2.05, 4.69) is 5.32 Å². The van der Waals surface area contributed by atoms with Crippen molar-refractivity contribution in [3.8, 4) is 0 Å². The Morgan fingerprint density at radius 3 is 2.58 bits per heavy atom. The Kier molecular flexibility index (Phi) is 5.81. The molecular weight excluding hydrogens is 277 g/mol. The van der Waals surface area contributed by atoms with Gasteiger partial charge in [-0.3, -0.25) is 4.79 Å². The van der Waals surface area contributed by atoms with Gasteiger partial charge in [0.2, 0.25) is 5.91 Å². The number of hydrogen-bond donors (Lipinski definition) is 2. The van der Waals surface area contributed by atoms with Crippen molar-refractivity contribution in [2.24, 2.45) is 5.92 Å². The Morgan fingerprint density at radius 2 is 2.11 bits per heavy atom. The number of thiophene rings is 1. The first-order valence-corrected chi connectivity index (χ1v) is 6.78. The van der Waals surface area contributed by atoms with Gasteiger partial charge in [0.05, 0.1) is 6.54 Å². The second kappa shape index (κ2) is 6.91. The predicted octanol–water partition coefficient (Wildman–Crippen LogP) is 2.71. The maximum Gasteiger partial charge on any atom is 0.405 e. The molecule has 3 nitrogen and oxygen atoms in total. The molecule has 1 aromatic rings. The van der Waals surface area contributed by atoms with Crippen LogP contribution < -0.4 is 10.6 Å². The summed E-state index contributed by atoms with van der Waals surface area (Å²) in [5.74, 6) is -0.409. The molecule has 7 heteroatoms. The quantitative estimate of drug-likeness (QED) is 0.847. The Labute approximate surface area is 114 Å². The van der Waals surface area contributed by atoms with E-state index in [4.69, 9.17) is 0 Å². The highest BCUT2D eigenvalue weighted by Gasteiger charge is 2.27. The zero-order valence-electron chi connectivity index (χ0n) is 10.8. The maximum atomic E-state index is 11.9. The molecule has 1 unspecified atom stereocenters. The summed E-state index contributed by atoms with van der Waals surface area (Å²) in [5, 5.41) is 6.75. The molecule has 1 heterocycles. The van der Waals surface area contributed by atoms with Crippen LogP contribution in [0.25, 0.3) is 0 Å². The van der Waals surface area contributed by atoms with Crippen LogP contribution in [0, 0.1) is 5.92 Å². The summed E-state index contributed by atoms with van der Waals surface area (Å²) in [7, 11) is 0. The molecule has 0 fully saturated rings. The molecule has 1 aromatic heterocycles. The minimum Gasteiger partial charge on any atom is -0.346 e. The van der Waals surface area contributed by atoms with E-state index in [0.29, 0.717) is 0 Å². The first kappa shape index (κ1) is 16.0. The van der Waals surface area contributed by atoms with Crippen molar-refractivity contribution >= 4 is 17.2 Å². The molecule has 2 N–H and O–H groups in total. The fourth-order valence-corrected chi connectivity index (χ4v) is 2.57. The van der Waals surface area contributed by atoms with Crippen molar-refractivity contribution in [3.63, 3.8) is 0 Å². The summed E-state index contributed by atoms with van der Waals surface area (Å²) in [4.78, 5) is 12.4. The van der Waals surface area contributed by atoms with Crippen molar-refractivity contribution in [3.05, 3.63) is 22.4 Å². The van der Waals surface area contributed by atoms with Crippen molar-refractivity contribution in [1.29, 1.82) is 0 Å². The molecule has 0 aliphatic carbocycles. The largest absolute Gasteiger partial charge is 0.405 e. The molecule has 1 atom stereocenters. The zero-order valence-corrected chi connectivity index (χ0v) is 11.6. The average molecular weight is 294 g/mol. The van der Waals surface area contributed by atoms with E-state index < -0.39 is 18.6 Å². The molecule has 0 saturated heterocycles. The lowest BCUT2D eigenvalue weighted by Gasteiger charge is -2.21. The molecule has 1 rings (SSSR count). The summed E-state index contributed by atoms with van der Waals surface area (Å²) in [6.07, 6.45) is -4.37. The molecule has 0 aliphatic rings. The lowest BCUT2D eigenvalue weighted by atomic mass is 10.0. The van der Waals surface area contributed by atoms with E-state index >= 15 is 0 Å². The number of carbonyl (C=O) groups excluding carboxylic acids is 1. The van der Waals surface area contributed by atoms with E-state index in [1.54, 1.807) is 11.3 Å². The topological polar surface area (TPSA) is 41.1 Å². The number of alkyl halides is 3. The van der Waals surface area contributed by atoms with Gasteiger partial charge in [0.15, 0.2) is 0 Å². The first-order chi connectivity index (χ1) is 8.79. The van der Waals surface area contributed by atoms with E-state index in [0.717, 1.165) is 4.88 Å². The SMILES string of the molecule is CC(C)C(NCC(=O)NCC(F)(F)F)c1cccs1. The second-order valence-electron chi connectivity index (χ2n) is 4.51. The van der Waals surface area contributed by atoms with Gasteiger partial charge in [-0.1, -0.05) is 19.9 Å². The van der Waals surface area contributed by atoms with E-state index in [1.807, 2.05) is 36.7 Å². The summed E-state index contributed by atoms with van der Waals surface area (Å²) < 4.78 is 35.8. The normalized spacial score (nSPS) is 13.6. The molecule has 0 aliphatic heterocycles. The Morgan fingerprint density at radius 1 is 1.42 bits per heavy atom. The standard InChI is InChI=1S/C12H17F3N2OS/c1-8(2)11(9-4-3-5-19-9)16-6-10(18)17-7-12(13,14)15/h3-5,8,11,16H,6-7H2,1-2H3,(H,17,18). The van der Waals surface area contributed by atoms with Crippen LogP contribution in [0.1, 0.15) is 24.8 Å². The minimum absolute atomic E-state index is 0.0309. The number of hydrogen-bond acceptors (Lipinski definition) is 3. The van der Waals surface area contributed by atoms with Crippen LogP contribution in [0.2, 0.25) is 0 Å². The molecule has 0 radical (unpaired) electrons. The molecule has 108 valence electrons. The van der Waals surface area contributed by atoms with Gasteiger partial charge in [-0.15, -0.1) is 11.3 Å². The Hall–Kier alpha value is -1.08. The fourth-order valence-electron chi connectivity index (χ4n) is 1.60. The van der Waals surface area contributed by atoms with Gasteiger partial charge in [-0.2, -0.15) is 13.2 Å². The van der Waals surface area contributed by atoms with Crippen LogP contribution in [-0.2, 0) is 4.79 Å². The van der Waals surface area contributed by atoms with Crippen LogP contribution in [-0.4, -0.2) is 25.2 Å². The highest BCUT2D eigenvalue weighted by Crippen LogP contribution is 2.25. The van der Waals surface area contributed by atoms with Crippen LogP contribution in [0.5, 0.6) is 0 Å². The molecule has 0 bridgehead atoms. The number of halogens is 3. The van der Waals surface area contributed by atoms with Gasteiger partial charge in [-0.05, 0) is 17.4 Å². The van der Waals surface area contributed by atoms with Crippen LogP contribution >= 0.6 is 11.3 Å². The first-order valence-electron chi connectivity index (χ1n) is 5.90. The molecular formula is C12H17F3N2OS. The van der Waals surface area contributed by atoms with Crippen molar-refractivity contribution in [2.45, 2.75) is 26.1 Å². The van der Waals surface area contributed by atoms with Crippen molar-refractivity contribution in [2.75, 3.05) is 13.1 Å². The monoisotopic (exact) mass is 294 g/mol. The van der Waals surface area contributed by atoms with Gasteiger partial charge in [0.1, 0.15) is 6.54 Å². The predicted molar refractivity (Wildman–Crippen MR) is 69.0 cm³/mol. The zero-order chi connectivity index (χ0) is 14.5. The highest BCUT2D eigenvalue weighted by atomic mass is 32.1. The number of amides is 1. The van der Waals surface area contributed by atoms with Crippen LogP contribution in [0.3, 0.4) is 0 Å². The molecule has 0 saturated carbocycles. The average Bonchev–Trinajstić information content (AvgIpc) is 2.78. The summed E-state index contributed by atoms with van der Waals surface area (Å²) in [6.45, 7) is 2.56. The van der Waals surface area contributed by atoms with Gasteiger partial charge < -0.3 is 10.6 Å². The van der Waals surface area contributed by atoms with E-state index in [9.17, 15) is 18.0 Å². The van der Waals surface area contributed by atoms with E-state index in [-0.39, 0.29) is 18.5 Å². The third-order valence-corrected chi connectivity index (χ3v) is 3.44. The van der Waals surface area contributed by atoms with Crippen molar-refractivity contribution in [1.82, 2.24) is 10.6 Å². The summed E-state index contributed by atoms with van der Waals surface area (Å²) >= 11 is 1.55.